The van der Waals surface area contributed by atoms with E-state index in [-0.39, 0.29) is 11.9 Å². The maximum Gasteiger partial charge on any atom is 0.309 e. The Labute approximate surface area is 92.2 Å². The van der Waals surface area contributed by atoms with Gasteiger partial charge in [0, 0.05) is 13.1 Å². The molecule has 4 nitrogen and oxygen atoms in total. The molecule has 0 fully saturated rings. The summed E-state index contributed by atoms with van der Waals surface area (Å²) in [5, 5.41) is 9.54. The molecule has 0 aromatic rings. The third-order valence-electron chi connectivity index (χ3n) is 2.29. The molecule has 4 heteroatoms. The average Bonchev–Trinajstić information content (AvgIpc) is 2.12. The summed E-state index contributed by atoms with van der Waals surface area (Å²) < 4.78 is 4.64. The van der Waals surface area contributed by atoms with Crippen LogP contribution >= 0.6 is 0 Å². The molecule has 1 unspecified atom stereocenters. The maximum atomic E-state index is 11.2. The molecule has 0 saturated carbocycles. The number of esters is 1. The van der Waals surface area contributed by atoms with Gasteiger partial charge < -0.3 is 14.7 Å². The minimum Gasteiger partial charge on any atom is -0.469 e. The lowest BCUT2D eigenvalue weighted by Gasteiger charge is -2.24. The van der Waals surface area contributed by atoms with Crippen molar-refractivity contribution in [1.82, 2.24) is 4.90 Å². The first-order valence-corrected chi connectivity index (χ1v) is 5.25. The van der Waals surface area contributed by atoms with Crippen molar-refractivity contribution < 1.29 is 14.6 Å². The van der Waals surface area contributed by atoms with E-state index in [1.807, 2.05) is 18.9 Å². The molecule has 0 bridgehead atoms. The maximum absolute atomic E-state index is 11.2. The highest BCUT2D eigenvalue weighted by Gasteiger charge is 2.17. The number of carbonyl (C=O) groups is 1. The SMILES string of the molecule is COC(=O)C(C)CN(C)CCC(C)(C)O. The third kappa shape index (κ3) is 7.33. The van der Waals surface area contributed by atoms with Gasteiger partial charge in [-0.25, -0.2) is 0 Å². The van der Waals surface area contributed by atoms with Crippen molar-refractivity contribution in [1.29, 1.82) is 0 Å². The van der Waals surface area contributed by atoms with Gasteiger partial charge in [0.25, 0.3) is 0 Å². The Morgan fingerprint density at radius 3 is 2.47 bits per heavy atom. The van der Waals surface area contributed by atoms with Gasteiger partial charge in [0.05, 0.1) is 18.6 Å². The number of hydrogen-bond donors (Lipinski definition) is 1. The lowest BCUT2D eigenvalue weighted by molar-refractivity contribution is -0.145. The summed E-state index contributed by atoms with van der Waals surface area (Å²) in [5.41, 5.74) is -0.650. The van der Waals surface area contributed by atoms with E-state index < -0.39 is 5.60 Å². The number of carbonyl (C=O) groups excluding carboxylic acids is 1. The van der Waals surface area contributed by atoms with Gasteiger partial charge in [-0.3, -0.25) is 4.79 Å². The molecule has 1 N–H and O–H groups in total. The molecular formula is C11H23NO3. The van der Waals surface area contributed by atoms with Crippen molar-refractivity contribution in [3.8, 4) is 0 Å². The standard InChI is InChI=1S/C11H23NO3/c1-9(10(13)15-5)8-12(4)7-6-11(2,3)14/h9,14H,6-8H2,1-5H3. The van der Waals surface area contributed by atoms with Crippen LogP contribution in [0.25, 0.3) is 0 Å². The first kappa shape index (κ1) is 14.4. The Bertz CT molecular complexity index is 198. The second-order valence-electron chi connectivity index (χ2n) is 4.75. The molecule has 0 spiro atoms. The molecule has 0 rings (SSSR count). The molecule has 0 aliphatic heterocycles. The normalized spacial score (nSPS) is 14.1. The van der Waals surface area contributed by atoms with Gasteiger partial charge in [-0.05, 0) is 27.3 Å². The monoisotopic (exact) mass is 217 g/mol. The summed E-state index contributed by atoms with van der Waals surface area (Å²) in [6.07, 6.45) is 0.692. The second kappa shape index (κ2) is 6.08. The summed E-state index contributed by atoms with van der Waals surface area (Å²) in [5.74, 6) is -0.313. The minimum absolute atomic E-state index is 0.123. The van der Waals surface area contributed by atoms with E-state index in [0.29, 0.717) is 13.0 Å². The highest BCUT2D eigenvalue weighted by atomic mass is 16.5. The van der Waals surface area contributed by atoms with Gasteiger partial charge in [-0.2, -0.15) is 0 Å². The highest BCUT2D eigenvalue weighted by Crippen LogP contribution is 2.09. The van der Waals surface area contributed by atoms with Crippen molar-refractivity contribution in [2.75, 3.05) is 27.2 Å². The molecule has 0 amide bonds. The second-order valence-corrected chi connectivity index (χ2v) is 4.75. The highest BCUT2D eigenvalue weighted by molar-refractivity contribution is 5.71. The smallest absolute Gasteiger partial charge is 0.309 e. The van der Waals surface area contributed by atoms with Crippen molar-refractivity contribution in [2.24, 2.45) is 5.92 Å². The van der Waals surface area contributed by atoms with E-state index in [9.17, 15) is 9.90 Å². The predicted molar refractivity (Wildman–Crippen MR) is 59.6 cm³/mol. The van der Waals surface area contributed by atoms with Crippen LogP contribution < -0.4 is 0 Å². The van der Waals surface area contributed by atoms with E-state index in [4.69, 9.17) is 0 Å². The van der Waals surface area contributed by atoms with Crippen LogP contribution in [0.4, 0.5) is 0 Å². The Morgan fingerprint density at radius 2 is 2.07 bits per heavy atom. The van der Waals surface area contributed by atoms with Gasteiger partial charge in [-0.15, -0.1) is 0 Å². The molecule has 0 saturated heterocycles. The van der Waals surface area contributed by atoms with Crippen LogP contribution in [0.5, 0.6) is 0 Å². The third-order valence-corrected chi connectivity index (χ3v) is 2.29. The van der Waals surface area contributed by atoms with Gasteiger partial charge in [0.1, 0.15) is 0 Å². The molecule has 15 heavy (non-hydrogen) atoms. The molecule has 1 atom stereocenters. The van der Waals surface area contributed by atoms with Crippen LogP contribution in [0.15, 0.2) is 0 Å². The summed E-state index contributed by atoms with van der Waals surface area (Å²) in [7, 11) is 3.33. The van der Waals surface area contributed by atoms with Gasteiger partial charge in [0.2, 0.25) is 0 Å². The van der Waals surface area contributed by atoms with E-state index in [1.54, 1.807) is 13.8 Å². The molecule has 0 radical (unpaired) electrons. The van der Waals surface area contributed by atoms with Crippen molar-refractivity contribution in [3.05, 3.63) is 0 Å². The Kier molecular flexibility index (Phi) is 5.83. The quantitative estimate of drug-likeness (QED) is 0.671. The van der Waals surface area contributed by atoms with Crippen LogP contribution in [0.2, 0.25) is 0 Å². The van der Waals surface area contributed by atoms with E-state index >= 15 is 0 Å². The zero-order chi connectivity index (χ0) is 12.1. The number of aliphatic hydroxyl groups is 1. The lowest BCUT2D eigenvalue weighted by atomic mass is 10.1. The Hall–Kier alpha value is -0.610. The summed E-state index contributed by atoms with van der Waals surface area (Å²) in [6, 6.07) is 0. The van der Waals surface area contributed by atoms with Gasteiger partial charge in [0.15, 0.2) is 0 Å². The number of nitrogens with zero attached hydrogens (tertiary/aromatic N) is 1. The fraction of sp³-hybridized carbons (Fsp3) is 0.909. The zero-order valence-electron chi connectivity index (χ0n) is 10.4. The molecule has 0 aromatic carbocycles. The molecule has 0 aliphatic carbocycles. The van der Waals surface area contributed by atoms with E-state index in [1.165, 1.54) is 7.11 Å². The summed E-state index contributed by atoms with van der Waals surface area (Å²) >= 11 is 0. The summed E-state index contributed by atoms with van der Waals surface area (Å²) in [6.45, 7) is 6.83. The Morgan fingerprint density at radius 1 is 1.53 bits per heavy atom. The van der Waals surface area contributed by atoms with Crippen molar-refractivity contribution >= 4 is 5.97 Å². The fourth-order valence-electron chi connectivity index (χ4n) is 1.30. The van der Waals surface area contributed by atoms with Crippen LogP contribution in [0, 0.1) is 5.92 Å². The van der Waals surface area contributed by atoms with Gasteiger partial charge in [-0.1, -0.05) is 6.92 Å². The molecule has 0 aliphatic rings. The molecule has 90 valence electrons. The van der Waals surface area contributed by atoms with Crippen LogP contribution in [0.3, 0.4) is 0 Å². The first-order valence-electron chi connectivity index (χ1n) is 5.25. The fourth-order valence-corrected chi connectivity index (χ4v) is 1.30. The lowest BCUT2D eigenvalue weighted by Crippen LogP contribution is -2.33. The first-order chi connectivity index (χ1) is 6.76. The van der Waals surface area contributed by atoms with Crippen molar-refractivity contribution in [3.63, 3.8) is 0 Å². The molecule has 0 aromatic heterocycles. The number of ether oxygens (including phenoxy) is 1. The Balaban J connectivity index is 3.83. The molecular weight excluding hydrogens is 194 g/mol. The zero-order valence-corrected chi connectivity index (χ0v) is 10.4. The van der Waals surface area contributed by atoms with E-state index in [0.717, 1.165) is 6.54 Å². The number of hydrogen-bond acceptors (Lipinski definition) is 4. The molecule has 0 heterocycles. The van der Waals surface area contributed by atoms with E-state index in [2.05, 4.69) is 4.74 Å². The van der Waals surface area contributed by atoms with Crippen LogP contribution in [-0.4, -0.2) is 48.8 Å². The minimum atomic E-state index is -0.650. The average molecular weight is 217 g/mol. The summed E-state index contributed by atoms with van der Waals surface area (Å²) in [4.78, 5) is 13.2. The van der Waals surface area contributed by atoms with Crippen molar-refractivity contribution in [2.45, 2.75) is 32.8 Å². The topological polar surface area (TPSA) is 49.8 Å². The van der Waals surface area contributed by atoms with Crippen LogP contribution in [-0.2, 0) is 9.53 Å². The predicted octanol–water partition coefficient (Wildman–Crippen LogP) is 0.888. The number of rotatable bonds is 6. The van der Waals surface area contributed by atoms with Gasteiger partial charge >= 0.3 is 5.97 Å². The van der Waals surface area contributed by atoms with Crippen LogP contribution in [0.1, 0.15) is 27.2 Å². The largest absolute Gasteiger partial charge is 0.469 e. The number of methoxy groups -OCH3 is 1.